The summed E-state index contributed by atoms with van der Waals surface area (Å²) in [5, 5.41) is 7.23. The Morgan fingerprint density at radius 2 is 1.88 bits per heavy atom. The van der Waals surface area contributed by atoms with Gasteiger partial charge in [0.25, 0.3) is 5.56 Å². The van der Waals surface area contributed by atoms with Gasteiger partial charge in [-0.1, -0.05) is 74.0 Å². The lowest BCUT2D eigenvalue weighted by molar-refractivity contribution is 0.198. The van der Waals surface area contributed by atoms with Crippen LogP contribution in [0.25, 0.3) is 21.7 Å². The van der Waals surface area contributed by atoms with E-state index in [4.69, 9.17) is 4.74 Å². The molecule has 0 amide bonds. The molecule has 0 aliphatic carbocycles. The van der Waals surface area contributed by atoms with E-state index in [1.165, 1.54) is 4.68 Å². The van der Waals surface area contributed by atoms with Gasteiger partial charge in [0.1, 0.15) is 11.6 Å². The summed E-state index contributed by atoms with van der Waals surface area (Å²) < 4.78 is 8.39. The minimum atomic E-state index is -0.193. The second-order valence-corrected chi connectivity index (χ2v) is 9.87. The Morgan fingerprint density at radius 1 is 1.09 bits per heavy atom. The fourth-order valence-corrected chi connectivity index (χ4v) is 3.85. The van der Waals surface area contributed by atoms with Gasteiger partial charge in [-0.3, -0.25) is 4.79 Å². The van der Waals surface area contributed by atoms with Crippen molar-refractivity contribution in [3.8, 4) is 5.75 Å². The van der Waals surface area contributed by atoms with Crippen molar-refractivity contribution in [2.45, 2.75) is 34.1 Å². The summed E-state index contributed by atoms with van der Waals surface area (Å²) in [6.07, 6.45) is 2.30. The highest BCUT2D eigenvalue weighted by Crippen LogP contribution is 2.28. The van der Waals surface area contributed by atoms with Crippen molar-refractivity contribution in [3.05, 3.63) is 80.8 Å². The molecule has 3 aromatic carbocycles. The van der Waals surface area contributed by atoms with Gasteiger partial charge in [-0.2, -0.15) is 9.78 Å². The Labute approximate surface area is 195 Å². The minimum absolute atomic E-state index is 0.0159. The standard InChI is InChI=1S/C26H26BrN3O2/c1-5-24-29-22-12-11-18(27)14-20(22)25(31)30(24)28-15-21-19-9-7-6-8-17(19)10-13-23(21)32-16-26(2,3)4/h6-15H,5,16H2,1-4H3. The molecule has 4 rings (SSSR count). The maximum absolute atomic E-state index is 13.2. The van der Waals surface area contributed by atoms with E-state index in [-0.39, 0.29) is 11.0 Å². The number of ether oxygens (including phenoxy) is 1. The van der Waals surface area contributed by atoms with Crippen LogP contribution in [0, 0.1) is 5.41 Å². The first kappa shape index (κ1) is 22.2. The Bertz CT molecular complexity index is 1380. The number of benzene rings is 3. The molecule has 164 valence electrons. The quantitative estimate of drug-likeness (QED) is 0.313. The summed E-state index contributed by atoms with van der Waals surface area (Å²) in [4.78, 5) is 17.9. The molecule has 4 aromatic rings. The van der Waals surface area contributed by atoms with Gasteiger partial charge in [0, 0.05) is 16.5 Å². The molecular formula is C26H26BrN3O2. The van der Waals surface area contributed by atoms with Gasteiger partial charge in [-0.05, 0) is 40.5 Å². The van der Waals surface area contributed by atoms with Crippen molar-refractivity contribution in [2.75, 3.05) is 6.61 Å². The largest absolute Gasteiger partial charge is 0.492 e. The number of aromatic nitrogens is 2. The van der Waals surface area contributed by atoms with Crippen LogP contribution in [0.2, 0.25) is 0 Å². The Kier molecular flexibility index (Phi) is 6.15. The number of hydrogen-bond donors (Lipinski definition) is 0. The minimum Gasteiger partial charge on any atom is -0.492 e. The fraction of sp³-hybridized carbons (Fsp3) is 0.269. The van der Waals surface area contributed by atoms with Crippen LogP contribution in [0.15, 0.2) is 69.0 Å². The van der Waals surface area contributed by atoms with Crippen molar-refractivity contribution < 1.29 is 4.74 Å². The Hall–Kier alpha value is -2.99. The molecule has 0 saturated carbocycles. The molecule has 32 heavy (non-hydrogen) atoms. The molecule has 0 unspecified atom stereocenters. The van der Waals surface area contributed by atoms with E-state index in [2.05, 4.69) is 52.9 Å². The highest BCUT2D eigenvalue weighted by Gasteiger charge is 2.15. The second kappa shape index (κ2) is 8.87. The molecule has 0 aliphatic rings. The zero-order valence-corrected chi connectivity index (χ0v) is 20.3. The van der Waals surface area contributed by atoms with Crippen LogP contribution in [-0.2, 0) is 6.42 Å². The molecule has 0 saturated heterocycles. The number of fused-ring (bicyclic) bond motifs is 2. The van der Waals surface area contributed by atoms with Crippen LogP contribution < -0.4 is 10.3 Å². The lowest BCUT2D eigenvalue weighted by Gasteiger charge is -2.20. The third-order valence-corrected chi connectivity index (χ3v) is 5.58. The molecule has 5 nitrogen and oxygen atoms in total. The normalized spacial score (nSPS) is 12.2. The lowest BCUT2D eigenvalue weighted by atomic mass is 9.98. The molecular weight excluding hydrogens is 466 g/mol. The molecule has 0 bridgehead atoms. The number of aryl methyl sites for hydroxylation is 1. The smallest absolute Gasteiger partial charge is 0.282 e. The number of nitrogens with zero attached hydrogens (tertiary/aromatic N) is 3. The van der Waals surface area contributed by atoms with E-state index in [1.54, 1.807) is 12.3 Å². The summed E-state index contributed by atoms with van der Waals surface area (Å²) >= 11 is 3.44. The summed E-state index contributed by atoms with van der Waals surface area (Å²) in [7, 11) is 0. The molecule has 0 N–H and O–H groups in total. The zero-order chi connectivity index (χ0) is 22.9. The predicted octanol–water partition coefficient (Wildman–Crippen LogP) is 6.18. The molecule has 0 spiro atoms. The van der Waals surface area contributed by atoms with Crippen molar-refractivity contribution >= 4 is 43.8 Å². The monoisotopic (exact) mass is 491 g/mol. The van der Waals surface area contributed by atoms with E-state index >= 15 is 0 Å². The van der Waals surface area contributed by atoms with Gasteiger partial charge in [-0.25, -0.2) is 4.98 Å². The summed E-state index contributed by atoms with van der Waals surface area (Å²) in [5.74, 6) is 1.35. The highest BCUT2D eigenvalue weighted by atomic mass is 79.9. The summed E-state index contributed by atoms with van der Waals surface area (Å²) in [5.41, 5.74) is 1.33. The Balaban J connectivity index is 1.87. The van der Waals surface area contributed by atoms with Crippen molar-refractivity contribution in [2.24, 2.45) is 10.5 Å². The van der Waals surface area contributed by atoms with E-state index in [0.717, 1.165) is 26.6 Å². The van der Waals surface area contributed by atoms with E-state index in [9.17, 15) is 4.79 Å². The molecule has 0 atom stereocenters. The van der Waals surface area contributed by atoms with Crippen LogP contribution in [0.1, 0.15) is 39.1 Å². The molecule has 0 aliphatic heterocycles. The predicted molar refractivity (Wildman–Crippen MR) is 135 cm³/mol. The first-order chi connectivity index (χ1) is 15.3. The maximum atomic E-state index is 13.2. The van der Waals surface area contributed by atoms with Gasteiger partial charge < -0.3 is 4.74 Å². The maximum Gasteiger partial charge on any atom is 0.282 e. The molecule has 0 fully saturated rings. The molecule has 1 heterocycles. The van der Waals surface area contributed by atoms with Gasteiger partial charge in [-0.15, -0.1) is 0 Å². The van der Waals surface area contributed by atoms with Crippen molar-refractivity contribution in [1.82, 2.24) is 9.66 Å². The number of hydrogen-bond acceptors (Lipinski definition) is 4. The van der Waals surface area contributed by atoms with Gasteiger partial charge in [0.15, 0.2) is 0 Å². The average Bonchev–Trinajstić information content (AvgIpc) is 2.77. The number of rotatable bonds is 5. The van der Waals surface area contributed by atoms with Gasteiger partial charge in [0.05, 0.1) is 23.7 Å². The topological polar surface area (TPSA) is 56.5 Å². The lowest BCUT2D eigenvalue weighted by Crippen LogP contribution is -2.22. The number of halogens is 1. The first-order valence-electron chi connectivity index (χ1n) is 10.7. The summed E-state index contributed by atoms with van der Waals surface area (Å²) in [6, 6.07) is 17.6. The molecule has 1 aromatic heterocycles. The van der Waals surface area contributed by atoms with Crippen LogP contribution in [0.3, 0.4) is 0 Å². The highest BCUT2D eigenvalue weighted by molar-refractivity contribution is 9.10. The van der Waals surface area contributed by atoms with Crippen molar-refractivity contribution in [1.29, 1.82) is 0 Å². The van der Waals surface area contributed by atoms with E-state index in [0.29, 0.717) is 29.8 Å². The third-order valence-electron chi connectivity index (χ3n) is 5.09. The zero-order valence-electron chi connectivity index (χ0n) is 18.7. The van der Waals surface area contributed by atoms with Crippen LogP contribution in [0.5, 0.6) is 5.75 Å². The fourth-order valence-electron chi connectivity index (χ4n) is 3.49. The Morgan fingerprint density at radius 3 is 2.62 bits per heavy atom. The van der Waals surface area contributed by atoms with E-state index < -0.39 is 0 Å². The SMILES string of the molecule is CCc1nc2ccc(Br)cc2c(=O)n1N=Cc1c(OCC(C)(C)C)ccc2ccccc12. The average molecular weight is 492 g/mol. The van der Waals surface area contributed by atoms with Crippen LogP contribution in [-0.4, -0.2) is 22.5 Å². The van der Waals surface area contributed by atoms with E-state index in [1.807, 2.05) is 49.4 Å². The van der Waals surface area contributed by atoms with Crippen molar-refractivity contribution in [3.63, 3.8) is 0 Å². The van der Waals surface area contributed by atoms with Gasteiger partial charge >= 0.3 is 0 Å². The first-order valence-corrected chi connectivity index (χ1v) is 11.5. The van der Waals surface area contributed by atoms with Crippen LogP contribution in [0.4, 0.5) is 0 Å². The second-order valence-electron chi connectivity index (χ2n) is 8.95. The third kappa shape index (κ3) is 4.60. The molecule has 0 radical (unpaired) electrons. The van der Waals surface area contributed by atoms with Gasteiger partial charge in [0.2, 0.25) is 0 Å². The summed E-state index contributed by atoms with van der Waals surface area (Å²) in [6.45, 7) is 8.93. The van der Waals surface area contributed by atoms with Crippen LogP contribution >= 0.6 is 15.9 Å². The molecule has 6 heteroatoms.